The van der Waals surface area contributed by atoms with Gasteiger partial charge in [-0.25, -0.2) is 4.39 Å². The number of hydrogen-bond acceptors (Lipinski definition) is 3. The summed E-state index contributed by atoms with van der Waals surface area (Å²) in [6.45, 7) is 0.672. The first-order chi connectivity index (χ1) is 13.0. The third-order valence-corrected chi connectivity index (χ3v) is 3.97. The van der Waals surface area contributed by atoms with Crippen molar-refractivity contribution in [2.45, 2.75) is 6.42 Å². The van der Waals surface area contributed by atoms with E-state index in [1.54, 1.807) is 56.6 Å². The zero-order chi connectivity index (χ0) is 19.6. The van der Waals surface area contributed by atoms with Gasteiger partial charge in [0.1, 0.15) is 11.6 Å². The van der Waals surface area contributed by atoms with Gasteiger partial charge in [0.2, 0.25) is 0 Å². The zero-order valence-corrected chi connectivity index (χ0v) is 15.5. The maximum Gasteiger partial charge on any atom is 0.279 e. The number of hydrogen-bond donors (Lipinski definition) is 3. The molecule has 2 aromatic carbocycles. The molecule has 0 spiro atoms. The number of ether oxygens (including phenoxy) is 1. The van der Waals surface area contributed by atoms with Crippen LogP contribution in [0.5, 0.6) is 5.75 Å². The quantitative estimate of drug-likeness (QED) is 0.603. The number of likely N-dealkylation sites (N-methyl/N-ethyl adjacent to an activating group) is 1. The lowest BCUT2D eigenvalue weighted by molar-refractivity contribution is -0.862. The van der Waals surface area contributed by atoms with E-state index in [0.717, 1.165) is 4.90 Å². The largest absolute Gasteiger partial charge is 0.497 e. The first kappa shape index (κ1) is 20.4. The van der Waals surface area contributed by atoms with Gasteiger partial charge in [-0.3, -0.25) is 9.59 Å². The van der Waals surface area contributed by atoms with E-state index in [9.17, 15) is 14.0 Å². The fourth-order valence-electron chi connectivity index (χ4n) is 2.59. The second kappa shape index (κ2) is 10.3. The van der Waals surface area contributed by atoms with Crippen molar-refractivity contribution in [1.29, 1.82) is 0 Å². The van der Waals surface area contributed by atoms with Crippen LogP contribution >= 0.6 is 0 Å². The van der Waals surface area contributed by atoms with Gasteiger partial charge in [-0.05, 0) is 42.3 Å². The predicted molar refractivity (Wildman–Crippen MR) is 101 cm³/mol. The van der Waals surface area contributed by atoms with Crippen molar-refractivity contribution in [1.82, 2.24) is 5.32 Å². The molecular weight excluding hydrogens is 349 g/mol. The first-order valence-corrected chi connectivity index (χ1v) is 8.73. The van der Waals surface area contributed by atoms with Crippen molar-refractivity contribution in [3.8, 4) is 5.75 Å². The van der Waals surface area contributed by atoms with Gasteiger partial charge < -0.3 is 20.3 Å². The zero-order valence-electron chi connectivity index (χ0n) is 15.5. The Labute approximate surface area is 158 Å². The van der Waals surface area contributed by atoms with Crippen molar-refractivity contribution in [3.05, 3.63) is 59.9 Å². The van der Waals surface area contributed by atoms with Gasteiger partial charge in [0.15, 0.2) is 13.1 Å². The molecule has 0 heterocycles. The van der Waals surface area contributed by atoms with Crippen LogP contribution in [0.15, 0.2) is 48.5 Å². The van der Waals surface area contributed by atoms with Crippen molar-refractivity contribution in [2.75, 3.05) is 39.1 Å². The molecule has 0 fully saturated rings. The van der Waals surface area contributed by atoms with Crippen LogP contribution in [0.25, 0.3) is 0 Å². The van der Waals surface area contributed by atoms with Crippen LogP contribution in [0.4, 0.5) is 10.1 Å². The van der Waals surface area contributed by atoms with Crippen LogP contribution in [-0.2, 0) is 16.0 Å². The normalized spacial score (nSPS) is 11.5. The highest BCUT2D eigenvalue weighted by Gasteiger charge is 2.14. The molecule has 0 aliphatic carbocycles. The Bertz CT molecular complexity index is 765. The summed E-state index contributed by atoms with van der Waals surface area (Å²) in [5, 5.41) is 5.53. The molecule has 2 rings (SSSR count). The Morgan fingerprint density at radius 1 is 1.04 bits per heavy atom. The number of rotatable bonds is 9. The number of quaternary nitrogens is 1. The van der Waals surface area contributed by atoms with Crippen LogP contribution in [0.3, 0.4) is 0 Å². The molecule has 0 saturated heterocycles. The molecule has 7 heteroatoms. The molecule has 144 valence electrons. The Hall–Kier alpha value is -2.93. The van der Waals surface area contributed by atoms with Gasteiger partial charge in [-0.2, -0.15) is 0 Å². The molecular formula is C20H25FN3O3+. The molecule has 1 unspecified atom stereocenters. The Morgan fingerprint density at radius 2 is 1.70 bits per heavy atom. The number of anilines is 1. The molecule has 2 amide bonds. The van der Waals surface area contributed by atoms with E-state index in [0.29, 0.717) is 30.0 Å². The average Bonchev–Trinajstić information content (AvgIpc) is 2.63. The van der Waals surface area contributed by atoms with E-state index in [2.05, 4.69) is 10.6 Å². The van der Waals surface area contributed by atoms with Crippen molar-refractivity contribution in [3.63, 3.8) is 0 Å². The lowest BCUT2D eigenvalue weighted by Crippen LogP contribution is -3.11. The van der Waals surface area contributed by atoms with Gasteiger partial charge in [0.05, 0.1) is 14.2 Å². The number of benzene rings is 2. The Morgan fingerprint density at radius 3 is 2.37 bits per heavy atom. The molecule has 0 bridgehead atoms. The minimum atomic E-state index is -0.273. The molecule has 0 radical (unpaired) electrons. The number of carbonyl (C=O) groups excluding carboxylic acids is 2. The maximum atomic E-state index is 13.5. The minimum Gasteiger partial charge on any atom is -0.497 e. The van der Waals surface area contributed by atoms with Gasteiger partial charge >= 0.3 is 0 Å². The fourth-order valence-corrected chi connectivity index (χ4v) is 2.59. The number of amides is 2. The van der Waals surface area contributed by atoms with E-state index in [1.807, 2.05) is 0 Å². The topological polar surface area (TPSA) is 71.9 Å². The summed E-state index contributed by atoms with van der Waals surface area (Å²) >= 11 is 0. The fraction of sp³-hybridized carbons (Fsp3) is 0.300. The molecule has 0 aliphatic rings. The van der Waals surface area contributed by atoms with Crippen LogP contribution in [0.2, 0.25) is 0 Å². The average molecular weight is 374 g/mol. The van der Waals surface area contributed by atoms with Crippen LogP contribution in [0.1, 0.15) is 5.56 Å². The lowest BCUT2D eigenvalue weighted by atomic mass is 10.1. The monoisotopic (exact) mass is 374 g/mol. The van der Waals surface area contributed by atoms with E-state index < -0.39 is 0 Å². The van der Waals surface area contributed by atoms with Crippen molar-refractivity contribution >= 4 is 17.5 Å². The van der Waals surface area contributed by atoms with Crippen molar-refractivity contribution < 1.29 is 23.6 Å². The number of carbonyl (C=O) groups is 2. The molecule has 0 aliphatic heterocycles. The Balaban J connectivity index is 1.69. The maximum absolute atomic E-state index is 13.5. The van der Waals surface area contributed by atoms with Gasteiger partial charge in [-0.15, -0.1) is 0 Å². The summed E-state index contributed by atoms with van der Waals surface area (Å²) in [7, 11) is 3.34. The summed E-state index contributed by atoms with van der Waals surface area (Å²) in [5.74, 6) is 0.0744. The van der Waals surface area contributed by atoms with Crippen molar-refractivity contribution in [2.24, 2.45) is 0 Å². The minimum absolute atomic E-state index is 0.159. The molecule has 1 atom stereocenters. The van der Waals surface area contributed by atoms with Gasteiger partial charge in [0, 0.05) is 12.2 Å². The van der Waals surface area contributed by atoms with Crippen LogP contribution in [-0.4, -0.2) is 45.6 Å². The van der Waals surface area contributed by atoms with E-state index in [1.165, 1.54) is 6.07 Å². The third kappa shape index (κ3) is 7.07. The predicted octanol–water partition coefficient (Wildman–Crippen LogP) is 0.646. The number of halogens is 1. The highest BCUT2D eigenvalue weighted by molar-refractivity contribution is 5.91. The second-order valence-electron chi connectivity index (χ2n) is 6.28. The van der Waals surface area contributed by atoms with E-state index >= 15 is 0 Å². The van der Waals surface area contributed by atoms with Crippen LogP contribution < -0.4 is 20.3 Å². The summed E-state index contributed by atoms with van der Waals surface area (Å²) in [6.07, 6.45) is 0.426. The molecule has 0 saturated carbocycles. The standard InChI is InChI=1S/C20H24FN3O3/c1-24(14-20(26)23-16-7-9-17(27-2)10-8-16)13-19(25)22-12-11-15-5-3-4-6-18(15)21/h3-10H,11-14H2,1-2H3,(H,22,25)(H,23,26)/p+1. The van der Waals surface area contributed by atoms with E-state index in [-0.39, 0.29) is 30.7 Å². The SMILES string of the molecule is COc1ccc(NC(=O)C[NH+](C)CC(=O)NCCc2ccccc2F)cc1. The highest BCUT2D eigenvalue weighted by atomic mass is 19.1. The van der Waals surface area contributed by atoms with E-state index in [4.69, 9.17) is 4.74 Å². The highest BCUT2D eigenvalue weighted by Crippen LogP contribution is 2.14. The summed E-state index contributed by atoms with van der Waals surface area (Å²) in [6, 6.07) is 13.5. The summed E-state index contributed by atoms with van der Waals surface area (Å²) in [4.78, 5) is 24.8. The molecule has 3 N–H and O–H groups in total. The third-order valence-electron chi connectivity index (χ3n) is 3.97. The number of methoxy groups -OCH3 is 1. The molecule has 27 heavy (non-hydrogen) atoms. The second-order valence-corrected chi connectivity index (χ2v) is 6.28. The molecule has 2 aromatic rings. The number of nitrogens with one attached hydrogen (secondary N) is 3. The summed E-state index contributed by atoms with van der Waals surface area (Å²) < 4.78 is 18.6. The lowest BCUT2D eigenvalue weighted by Gasteiger charge is -2.14. The first-order valence-electron chi connectivity index (χ1n) is 8.73. The molecule has 0 aromatic heterocycles. The van der Waals surface area contributed by atoms with Gasteiger partial charge in [0.25, 0.3) is 11.8 Å². The smallest absolute Gasteiger partial charge is 0.279 e. The van der Waals surface area contributed by atoms with Crippen LogP contribution in [0, 0.1) is 5.82 Å². The van der Waals surface area contributed by atoms with Gasteiger partial charge in [-0.1, -0.05) is 18.2 Å². The molecule has 6 nitrogen and oxygen atoms in total. The summed E-state index contributed by atoms with van der Waals surface area (Å²) in [5.41, 5.74) is 1.24. The Kier molecular flexibility index (Phi) is 7.76.